The van der Waals surface area contributed by atoms with Crippen LogP contribution in [0.4, 0.5) is 0 Å². The SMILES string of the molecule is CCCCN(CC)C(=O)c1c(C)[nH]c(C(=O)OCC)c1C. The van der Waals surface area contributed by atoms with E-state index in [1.807, 2.05) is 18.7 Å². The lowest BCUT2D eigenvalue weighted by molar-refractivity contribution is 0.0519. The van der Waals surface area contributed by atoms with Gasteiger partial charge in [-0.05, 0) is 39.7 Å². The molecule has 0 aliphatic rings. The quantitative estimate of drug-likeness (QED) is 0.786. The van der Waals surface area contributed by atoms with E-state index >= 15 is 0 Å². The number of nitrogens with zero attached hydrogens (tertiary/aromatic N) is 1. The van der Waals surface area contributed by atoms with E-state index in [1.165, 1.54) is 0 Å². The van der Waals surface area contributed by atoms with Crippen LogP contribution < -0.4 is 0 Å². The maximum atomic E-state index is 12.7. The largest absolute Gasteiger partial charge is 0.461 e. The van der Waals surface area contributed by atoms with E-state index in [1.54, 1.807) is 13.8 Å². The van der Waals surface area contributed by atoms with Crippen molar-refractivity contribution in [3.05, 3.63) is 22.5 Å². The number of hydrogen-bond acceptors (Lipinski definition) is 3. The number of H-pyrrole nitrogens is 1. The molecule has 0 fully saturated rings. The zero-order chi connectivity index (χ0) is 16.0. The molecule has 0 saturated heterocycles. The number of carbonyl (C=O) groups excluding carboxylic acids is 2. The van der Waals surface area contributed by atoms with Gasteiger partial charge in [0.1, 0.15) is 5.69 Å². The standard InChI is InChI=1S/C16H26N2O3/c1-6-9-10-18(7-2)15(19)13-11(4)14(17-12(13)5)16(20)21-8-3/h17H,6-10H2,1-5H3. The summed E-state index contributed by atoms with van der Waals surface area (Å²) < 4.78 is 5.01. The highest BCUT2D eigenvalue weighted by Crippen LogP contribution is 2.21. The van der Waals surface area contributed by atoms with Crippen LogP contribution in [0.2, 0.25) is 0 Å². The minimum absolute atomic E-state index is 0.0206. The van der Waals surface area contributed by atoms with Gasteiger partial charge >= 0.3 is 5.97 Å². The molecule has 0 unspecified atom stereocenters. The van der Waals surface area contributed by atoms with Gasteiger partial charge in [-0.15, -0.1) is 0 Å². The molecule has 5 heteroatoms. The first-order valence-electron chi connectivity index (χ1n) is 7.63. The Kier molecular flexibility index (Phi) is 6.46. The van der Waals surface area contributed by atoms with Crippen LogP contribution in [0.1, 0.15) is 65.7 Å². The number of ether oxygens (including phenoxy) is 1. The van der Waals surface area contributed by atoms with Crippen molar-refractivity contribution in [3.8, 4) is 0 Å². The summed E-state index contributed by atoms with van der Waals surface area (Å²) in [6, 6.07) is 0. The third-order valence-electron chi connectivity index (χ3n) is 3.58. The Morgan fingerprint density at radius 2 is 1.86 bits per heavy atom. The van der Waals surface area contributed by atoms with Gasteiger partial charge in [0, 0.05) is 18.8 Å². The lowest BCUT2D eigenvalue weighted by Gasteiger charge is -2.21. The molecule has 118 valence electrons. The zero-order valence-electron chi connectivity index (χ0n) is 13.7. The van der Waals surface area contributed by atoms with Crippen LogP contribution in [0.25, 0.3) is 0 Å². The van der Waals surface area contributed by atoms with Crippen LogP contribution >= 0.6 is 0 Å². The van der Waals surface area contributed by atoms with E-state index in [9.17, 15) is 9.59 Å². The molecule has 1 amide bonds. The lowest BCUT2D eigenvalue weighted by atomic mass is 10.1. The summed E-state index contributed by atoms with van der Waals surface area (Å²) in [6.07, 6.45) is 2.02. The molecule has 0 aliphatic heterocycles. The number of aromatic amines is 1. The number of nitrogens with one attached hydrogen (secondary N) is 1. The van der Waals surface area contributed by atoms with Gasteiger partial charge in [-0.1, -0.05) is 13.3 Å². The van der Waals surface area contributed by atoms with E-state index < -0.39 is 5.97 Å². The molecule has 0 bridgehead atoms. The van der Waals surface area contributed by atoms with Gasteiger partial charge in [-0.25, -0.2) is 4.79 Å². The fourth-order valence-electron chi connectivity index (χ4n) is 2.39. The van der Waals surface area contributed by atoms with Crippen molar-refractivity contribution < 1.29 is 14.3 Å². The first-order chi connectivity index (χ1) is 9.97. The van der Waals surface area contributed by atoms with E-state index in [0.29, 0.717) is 30.0 Å². The average molecular weight is 294 g/mol. The number of unbranched alkanes of at least 4 members (excludes halogenated alkanes) is 1. The molecule has 0 spiro atoms. The summed E-state index contributed by atoms with van der Waals surface area (Å²) >= 11 is 0. The predicted octanol–water partition coefficient (Wildman–Crippen LogP) is 3.07. The van der Waals surface area contributed by atoms with Crippen molar-refractivity contribution >= 4 is 11.9 Å². The summed E-state index contributed by atoms with van der Waals surface area (Å²) in [6.45, 7) is 11.2. The van der Waals surface area contributed by atoms with E-state index in [-0.39, 0.29) is 5.91 Å². The normalized spacial score (nSPS) is 10.5. The molecule has 5 nitrogen and oxygen atoms in total. The van der Waals surface area contributed by atoms with Gasteiger partial charge in [0.15, 0.2) is 0 Å². The van der Waals surface area contributed by atoms with Gasteiger partial charge in [0.2, 0.25) is 0 Å². The highest BCUT2D eigenvalue weighted by molar-refractivity contribution is 6.01. The third kappa shape index (κ3) is 3.86. The summed E-state index contributed by atoms with van der Waals surface area (Å²) in [4.78, 5) is 29.4. The van der Waals surface area contributed by atoms with Crippen LogP contribution in [0, 0.1) is 13.8 Å². The maximum Gasteiger partial charge on any atom is 0.355 e. The molecule has 1 rings (SSSR count). The lowest BCUT2D eigenvalue weighted by Crippen LogP contribution is -2.32. The highest BCUT2D eigenvalue weighted by atomic mass is 16.5. The molecule has 1 aromatic rings. The zero-order valence-corrected chi connectivity index (χ0v) is 13.7. The number of esters is 1. The molecular formula is C16H26N2O3. The van der Waals surface area contributed by atoms with Crippen molar-refractivity contribution in [1.82, 2.24) is 9.88 Å². The van der Waals surface area contributed by atoms with E-state index in [0.717, 1.165) is 25.1 Å². The third-order valence-corrected chi connectivity index (χ3v) is 3.58. The van der Waals surface area contributed by atoms with Crippen molar-refractivity contribution in [3.63, 3.8) is 0 Å². The Morgan fingerprint density at radius 1 is 1.19 bits per heavy atom. The molecule has 1 N–H and O–H groups in total. The first-order valence-corrected chi connectivity index (χ1v) is 7.63. The van der Waals surface area contributed by atoms with Crippen LogP contribution in [0.5, 0.6) is 0 Å². The van der Waals surface area contributed by atoms with Crippen molar-refractivity contribution in [2.75, 3.05) is 19.7 Å². The highest BCUT2D eigenvalue weighted by Gasteiger charge is 2.25. The van der Waals surface area contributed by atoms with Crippen molar-refractivity contribution in [1.29, 1.82) is 0 Å². The summed E-state index contributed by atoms with van der Waals surface area (Å²) in [7, 11) is 0. The van der Waals surface area contributed by atoms with E-state index in [2.05, 4.69) is 11.9 Å². The van der Waals surface area contributed by atoms with Gasteiger partial charge in [0.25, 0.3) is 5.91 Å². The molecule has 0 aromatic carbocycles. The Morgan fingerprint density at radius 3 is 2.38 bits per heavy atom. The minimum Gasteiger partial charge on any atom is -0.461 e. The number of aryl methyl sites for hydroxylation is 1. The van der Waals surface area contributed by atoms with Crippen molar-refractivity contribution in [2.45, 2.75) is 47.5 Å². The first kappa shape index (κ1) is 17.3. The average Bonchev–Trinajstić information content (AvgIpc) is 2.75. The van der Waals surface area contributed by atoms with Gasteiger partial charge in [-0.3, -0.25) is 4.79 Å². The second-order valence-corrected chi connectivity index (χ2v) is 5.08. The second kappa shape index (κ2) is 7.86. The summed E-state index contributed by atoms with van der Waals surface area (Å²) in [5, 5.41) is 0. The Bertz CT molecular complexity index is 506. The van der Waals surface area contributed by atoms with Gasteiger partial charge < -0.3 is 14.6 Å². The number of aromatic nitrogens is 1. The molecule has 21 heavy (non-hydrogen) atoms. The number of hydrogen-bond donors (Lipinski definition) is 1. The molecule has 0 atom stereocenters. The summed E-state index contributed by atoms with van der Waals surface area (Å²) in [5.74, 6) is -0.429. The molecule has 0 radical (unpaired) electrons. The molecular weight excluding hydrogens is 268 g/mol. The number of amides is 1. The molecule has 1 heterocycles. The minimum atomic E-state index is -0.409. The molecule has 0 aliphatic carbocycles. The maximum absolute atomic E-state index is 12.7. The Balaban J connectivity index is 3.07. The van der Waals surface area contributed by atoms with E-state index in [4.69, 9.17) is 4.74 Å². The van der Waals surface area contributed by atoms with Crippen LogP contribution in [0.15, 0.2) is 0 Å². The van der Waals surface area contributed by atoms with Crippen LogP contribution in [-0.4, -0.2) is 41.5 Å². The van der Waals surface area contributed by atoms with Crippen LogP contribution in [-0.2, 0) is 4.74 Å². The van der Waals surface area contributed by atoms with Gasteiger partial charge in [0.05, 0.1) is 12.2 Å². The topological polar surface area (TPSA) is 62.4 Å². The molecule has 1 aromatic heterocycles. The molecule has 0 saturated carbocycles. The Hall–Kier alpha value is -1.78. The fourth-order valence-corrected chi connectivity index (χ4v) is 2.39. The fraction of sp³-hybridized carbons (Fsp3) is 0.625. The van der Waals surface area contributed by atoms with Crippen molar-refractivity contribution in [2.24, 2.45) is 0 Å². The van der Waals surface area contributed by atoms with Gasteiger partial charge in [-0.2, -0.15) is 0 Å². The predicted molar refractivity (Wildman–Crippen MR) is 82.7 cm³/mol. The smallest absolute Gasteiger partial charge is 0.355 e. The van der Waals surface area contributed by atoms with Crippen LogP contribution in [0.3, 0.4) is 0 Å². The summed E-state index contributed by atoms with van der Waals surface area (Å²) in [5.41, 5.74) is 2.36. The number of rotatable bonds is 7. The monoisotopic (exact) mass is 294 g/mol. The number of carbonyl (C=O) groups is 2. The second-order valence-electron chi connectivity index (χ2n) is 5.08. The Labute approximate surface area is 126 Å².